The lowest BCUT2D eigenvalue weighted by Gasteiger charge is -2.57. The predicted octanol–water partition coefficient (Wildman–Crippen LogP) is 6.35. The van der Waals surface area contributed by atoms with Crippen LogP contribution < -0.4 is 0 Å². The molecule has 0 bridgehead atoms. The molecule has 28 heavy (non-hydrogen) atoms. The van der Waals surface area contributed by atoms with Crippen LogP contribution in [0.1, 0.15) is 77.6 Å². The number of allylic oxidation sites excluding steroid dienone is 1. The lowest BCUT2D eigenvalue weighted by molar-refractivity contribution is -0.0872. The summed E-state index contributed by atoms with van der Waals surface area (Å²) in [5.74, 6) is 12.3. The molecule has 1 nitrogen and oxygen atoms in total. The average Bonchev–Trinajstić information content (AvgIpc) is 3.45. The average molecular weight is 445 g/mol. The van der Waals surface area contributed by atoms with Gasteiger partial charge in [0.25, 0.3) is 0 Å². The summed E-state index contributed by atoms with van der Waals surface area (Å²) in [7, 11) is 0. The number of alkyl halides is 1. The van der Waals surface area contributed by atoms with Crippen molar-refractivity contribution in [3.8, 4) is 11.8 Å². The lowest BCUT2D eigenvalue weighted by atomic mass is 9.49. The van der Waals surface area contributed by atoms with Crippen LogP contribution in [0.5, 0.6) is 0 Å². The van der Waals surface area contributed by atoms with E-state index in [0.717, 1.165) is 47.8 Å². The van der Waals surface area contributed by atoms with Crippen LogP contribution in [0.2, 0.25) is 0 Å². The smallest absolute Gasteiger partial charge is 0.125 e. The third-order valence-corrected chi connectivity index (χ3v) is 10.5. The molecule has 5 saturated carbocycles. The summed E-state index contributed by atoms with van der Waals surface area (Å²) in [6.07, 6.45) is 13.9. The minimum absolute atomic E-state index is 0.490. The van der Waals surface area contributed by atoms with Crippen molar-refractivity contribution in [2.24, 2.45) is 46.8 Å². The predicted molar refractivity (Wildman–Crippen MR) is 119 cm³/mol. The molecule has 0 aromatic rings. The van der Waals surface area contributed by atoms with E-state index in [4.69, 9.17) is 0 Å². The van der Waals surface area contributed by atoms with Crippen molar-refractivity contribution >= 4 is 15.9 Å². The van der Waals surface area contributed by atoms with Gasteiger partial charge in [-0.3, -0.25) is 0 Å². The van der Waals surface area contributed by atoms with Crippen LogP contribution in [-0.4, -0.2) is 16.0 Å². The molecule has 0 unspecified atom stereocenters. The highest BCUT2D eigenvalue weighted by molar-refractivity contribution is 9.09. The molecule has 0 spiro atoms. The molecule has 5 fully saturated rings. The van der Waals surface area contributed by atoms with Crippen molar-refractivity contribution in [3.63, 3.8) is 0 Å². The van der Waals surface area contributed by atoms with E-state index in [-0.39, 0.29) is 0 Å². The Hall–Kier alpha value is -0.260. The molecule has 0 amide bonds. The van der Waals surface area contributed by atoms with Crippen LogP contribution in [0.3, 0.4) is 0 Å². The Bertz CT molecular complexity index is 699. The zero-order valence-electron chi connectivity index (χ0n) is 17.6. The molecule has 154 valence electrons. The molecule has 5 rings (SSSR count). The summed E-state index contributed by atoms with van der Waals surface area (Å²) in [5, 5.41) is 12.1. The highest BCUT2D eigenvalue weighted by atomic mass is 79.9. The van der Waals surface area contributed by atoms with E-state index in [1.165, 1.54) is 63.4 Å². The molecule has 0 radical (unpaired) electrons. The van der Waals surface area contributed by atoms with Gasteiger partial charge in [-0.25, -0.2) is 0 Å². The van der Waals surface area contributed by atoms with Gasteiger partial charge in [-0.2, -0.15) is 0 Å². The molecule has 0 heterocycles. The highest BCUT2D eigenvalue weighted by Gasteiger charge is 2.57. The molecular formula is C26H37BrO. The van der Waals surface area contributed by atoms with E-state index in [1.54, 1.807) is 0 Å². The zero-order valence-corrected chi connectivity index (χ0v) is 19.1. The van der Waals surface area contributed by atoms with Crippen LogP contribution in [-0.2, 0) is 0 Å². The second-order valence-corrected chi connectivity index (χ2v) is 11.8. The summed E-state index contributed by atoms with van der Waals surface area (Å²) < 4.78 is 0. The molecule has 0 aliphatic heterocycles. The summed E-state index contributed by atoms with van der Waals surface area (Å²) in [5.41, 5.74) is 1.25. The van der Waals surface area contributed by atoms with Gasteiger partial charge in [0.2, 0.25) is 0 Å². The first-order valence-corrected chi connectivity index (χ1v) is 13.0. The second-order valence-electron chi connectivity index (χ2n) is 11.2. The zero-order chi connectivity index (χ0) is 19.5. The Morgan fingerprint density at radius 3 is 2.54 bits per heavy atom. The molecule has 0 aromatic carbocycles. The first-order chi connectivity index (χ1) is 13.4. The summed E-state index contributed by atoms with van der Waals surface area (Å²) in [6.45, 7) is 7.02. The SMILES string of the molecule is C=C(CBr)[C@H]1CC[C@H]2[C@@H]3CC[C@H]4C[C@](O)(C#CC5CC5)CC[C@@H]4[C@H]3CC[C@]12C. The van der Waals surface area contributed by atoms with E-state index in [1.807, 2.05) is 0 Å². The third-order valence-electron chi connectivity index (χ3n) is 9.76. The number of halogens is 1. The first-order valence-electron chi connectivity index (χ1n) is 11.9. The summed E-state index contributed by atoms with van der Waals surface area (Å²) in [6, 6.07) is 0. The van der Waals surface area contributed by atoms with Gasteiger partial charge in [0.1, 0.15) is 5.60 Å². The fraction of sp³-hybridized carbons (Fsp3) is 0.846. The fourth-order valence-electron chi connectivity index (χ4n) is 8.22. The van der Waals surface area contributed by atoms with Crippen LogP contribution in [0.4, 0.5) is 0 Å². The van der Waals surface area contributed by atoms with Crippen molar-refractivity contribution in [3.05, 3.63) is 12.2 Å². The number of aliphatic hydroxyl groups is 1. The van der Waals surface area contributed by atoms with Gasteiger partial charge in [-0.15, -0.1) is 0 Å². The Labute approximate surface area is 180 Å². The van der Waals surface area contributed by atoms with Gasteiger partial charge in [0.05, 0.1) is 0 Å². The van der Waals surface area contributed by atoms with Crippen molar-refractivity contribution in [2.45, 2.75) is 83.2 Å². The van der Waals surface area contributed by atoms with Crippen molar-refractivity contribution in [1.29, 1.82) is 0 Å². The van der Waals surface area contributed by atoms with Crippen LogP contribution in [0.25, 0.3) is 0 Å². The Morgan fingerprint density at radius 2 is 1.79 bits per heavy atom. The Morgan fingerprint density at radius 1 is 1.00 bits per heavy atom. The molecule has 1 N–H and O–H groups in total. The molecule has 5 aliphatic carbocycles. The Balaban J connectivity index is 1.31. The van der Waals surface area contributed by atoms with E-state index < -0.39 is 5.60 Å². The molecular weight excluding hydrogens is 408 g/mol. The van der Waals surface area contributed by atoms with E-state index in [2.05, 4.69) is 41.3 Å². The fourth-order valence-corrected chi connectivity index (χ4v) is 8.61. The maximum atomic E-state index is 11.1. The molecule has 0 aromatic heterocycles. The van der Waals surface area contributed by atoms with E-state index in [0.29, 0.717) is 17.3 Å². The van der Waals surface area contributed by atoms with Gasteiger partial charge in [-0.1, -0.05) is 46.8 Å². The summed E-state index contributed by atoms with van der Waals surface area (Å²) in [4.78, 5) is 0. The van der Waals surface area contributed by atoms with Crippen LogP contribution >= 0.6 is 15.9 Å². The van der Waals surface area contributed by atoms with Crippen molar-refractivity contribution < 1.29 is 5.11 Å². The van der Waals surface area contributed by atoms with Crippen LogP contribution in [0.15, 0.2) is 12.2 Å². The number of hydrogen-bond acceptors (Lipinski definition) is 1. The molecule has 5 aliphatic rings. The van der Waals surface area contributed by atoms with Gasteiger partial charge in [0.15, 0.2) is 0 Å². The van der Waals surface area contributed by atoms with E-state index >= 15 is 0 Å². The maximum Gasteiger partial charge on any atom is 0.125 e. The number of fused-ring (bicyclic) bond motifs is 5. The largest absolute Gasteiger partial charge is 0.378 e. The monoisotopic (exact) mass is 444 g/mol. The third kappa shape index (κ3) is 3.24. The Kier molecular flexibility index (Phi) is 5.04. The summed E-state index contributed by atoms with van der Waals surface area (Å²) >= 11 is 3.68. The molecule has 8 atom stereocenters. The minimum atomic E-state index is -0.675. The standard InChI is InChI=1S/C26H37BrO/c1-17(16-27)23-7-8-24-22-6-5-19-15-26(28,13-9-18-3-4-18)14-11-20(19)21(22)10-12-25(23,24)2/h18-24,28H,1,3-8,10-12,14-16H2,2H3/t19-,20-,21+,22+,23+,24-,25+,26-/m0/s1. The minimum Gasteiger partial charge on any atom is -0.378 e. The number of hydrogen-bond donors (Lipinski definition) is 1. The van der Waals surface area contributed by atoms with Crippen LogP contribution in [0, 0.1) is 58.7 Å². The highest BCUT2D eigenvalue weighted by Crippen LogP contribution is 2.65. The van der Waals surface area contributed by atoms with Crippen molar-refractivity contribution in [2.75, 3.05) is 5.33 Å². The maximum absolute atomic E-state index is 11.1. The second kappa shape index (κ2) is 7.16. The van der Waals surface area contributed by atoms with E-state index in [9.17, 15) is 5.11 Å². The normalized spacial score (nSPS) is 50.0. The van der Waals surface area contributed by atoms with Crippen molar-refractivity contribution in [1.82, 2.24) is 0 Å². The van der Waals surface area contributed by atoms with Gasteiger partial charge < -0.3 is 5.11 Å². The topological polar surface area (TPSA) is 20.2 Å². The van der Waals surface area contributed by atoms with Gasteiger partial charge in [-0.05, 0) is 112 Å². The number of rotatable bonds is 2. The molecule has 0 saturated heterocycles. The lowest BCUT2D eigenvalue weighted by Crippen LogP contribution is -2.50. The van der Waals surface area contributed by atoms with Gasteiger partial charge >= 0.3 is 0 Å². The first kappa shape index (κ1) is 19.7. The van der Waals surface area contributed by atoms with Gasteiger partial charge in [0, 0.05) is 11.2 Å². The quantitative estimate of drug-likeness (QED) is 0.298. The molecule has 2 heteroatoms.